The number of hydrogen-bond acceptors (Lipinski definition) is 5. The normalized spacial score (nSPS) is 11.7. The minimum Gasteiger partial charge on any atom is -0.248 e. The van der Waals surface area contributed by atoms with Gasteiger partial charge in [0.05, 0.1) is 4.90 Å². The summed E-state index contributed by atoms with van der Waals surface area (Å²) in [7, 11) is -3.30. The Labute approximate surface area is 116 Å². The summed E-state index contributed by atoms with van der Waals surface area (Å²) in [6.45, 7) is 1.93. The van der Waals surface area contributed by atoms with E-state index in [-0.39, 0.29) is 5.75 Å². The van der Waals surface area contributed by atoms with Crippen molar-refractivity contribution < 1.29 is 8.42 Å². The van der Waals surface area contributed by atoms with Gasteiger partial charge in [0.2, 0.25) is 0 Å². The number of aryl methyl sites for hydroxylation is 1. The molecule has 96 valence electrons. The third-order valence-electron chi connectivity index (χ3n) is 2.45. The van der Waals surface area contributed by atoms with Crippen molar-refractivity contribution >= 4 is 33.8 Å². The van der Waals surface area contributed by atoms with E-state index >= 15 is 0 Å². The number of thiazole rings is 1. The summed E-state index contributed by atoms with van der Waals surface area (Å²) in [5.74, 6) is 0.538. The number of sulfone groups is 1. The number of benzene rings is 1. The first kappa shape index (κ1) is 13.6. The van der Waals surface area contributed by atoms with Gasteiger partial charge in [0.15, 0.2) is 9.84 Å². The predicted octanol–water partition coefficient (Wildman–Crippen LogP) is 2.86. The van der Waals surface area contributed by atoms with Crippen LogP contribution in [0.5, 0.6) is 0 Å². The lowest BCUT2D eigenvalue weighted by Gasteiger charge is -2.02. The molecule has 0 spiro atoms. The molecular weight excluding hydrogens is 286 g/mol. The molecule has 0 amide bonds. The second-order valence-electron chi connectivity index (χ2n) is 3.95. The van der Waals surface area contributed by atoms with E-state index in [4.69, 9.17) is 0 Å². The van der Waals surface area contributed by atoms with Crippen molar-refractivity contribution in [2.75, 3.05) is 0 Å². The number of hydrogen-bond donors (Lipinski definition) is 1. The molecule has 6 heteroatoms. The van der Waals surface area contributed by atoms with Crippen molar-refractivity contribution in [3.63, 3.8) is 0 Å². The quantitative estimate of drug-likeness (QED) is 0.883. The van der Waals surface area contributed by atoms with Gasteiger partial charge in [-0.2, -0.15) is 12.6 Å². The van der Waals surface area contributed by atoms with E-state index in [1.54, 1.807) is 30.5 Å². The first-order chi connectivity index (χ1) is 8.51. The monoisotopic (exact) mass is 299 g/mol. The molecule has 0 radical (unpaired) electrons. The third-order valence-corrected chi connectivity index (χ3v) is 5.83. The van der Waals surface area contributed by atoms with Crippen LogP contribution in [0.25, 0.3) is 0 Å². The van der Waals surface area contributed by atoms with E-state index in [1.807, 2.05) is 6.92 Å². The Morgan fingerprint density at radius 3 is 2.50 bits per heavy atom. The molecule has 0 N–H and O–H groups in total. The maximum absolute atomic E-state index is 12.2. The van der Waals surface area contributed by atoms with Gasteiger partial charge >= 0.3 is 0 Å². The van der Waals surface area contributed by atoms with Crippen LogP contribution in [0.2, 0.25) is 0 Å². The summed E-state index contributed by atoms with van der Waals surface area (Å²) >= 11 is 5.53. The van der Waals surface area contributed by atoms with E-state index in [1.165, 1.54) is 11.3 Å². The molecule has 0 saturated heterocycles. The fourth-order valence-electron chi connectivity index (χ4n) is 1.48. The zero-order valence-electron chi connectivity index (χ0n) is 9.83. The number of thiol groups is 1. The topological polar surface area (TPSA) is 47.0 Å². The lowest BCUT2D eigenvalue weighted by Crippen LogP contribution is -2.04. The van der Waals surface area contributed by atoms with Crippen LogP contribution in [0, 0.1) is 6.92 Å². The van der Waals surface area contributed by atoms with Gasteiger partial charge in [-0.05, 0) is 19.1 Å². The van der Waals surface area contributed by atoms with Crippen LogP contribution in [-0.2, 0) is 21.3 Å². The predicted molar refractivity (Wildman–Crippen MR) is 76.9 cm³/mol. The molecule has 18 heavy (non-hydrogen) atoms. The Kier molecular flexibility index (Phi) is 4.09. The average molecular weight is 299 g/mol. The Morgan fingerprint density at radius 2 is 1.94 bits per heavy atom. The third kappa shape index (κ3) is 3.13. The molecule has 0 saturated carbocycles. The summed E-state index contributed by atoms with van der Waals surface area (Å²) in [6, 6.07) is 6.87. The molecule has 1 aromatic carbocycles. The molecule has 0 aliphatic rings. The van der Waals surface area contributed by atoms with Crippen LogP contribution >= 0.6 is 24.0 Å². The fraction of sp³-hybridized carbons (Fsp3) is 0.250. The van der Waals surface area contributed by atoms with Crippen molar-refractivity contribution in [3.05, 3.63) is 45.9 Å². The molecule has 0 bridgehead atoms. The Bertz CT molecular complexity index is 630. The highest BCUT2D eigenvalue weighted by molar-refractivity contribution is 7.90. The van der Waals surface area contributed by atoms with Gasteiger partial charge in [-0.3, -0.25) is 0 Å². The molecule has 2 aromatic rings. The molecule has 1 aromatic heterocycles. The maximum atomic E-state index is 12.2. The second kappa shape index (κ2) is 5.42. The molecular formula is C12H13NO2S3. The molecule has 0 unspecified atom stereocenters. The largest absolute Gasteiger partial charge is 0.248 e. The first-order valence-corrected chi connectivity index (χ1v) is 8.45. The lowest BCUT2D eigenvalue weighted by molar-refractivity contribution is 0.595. The van der Waals surface area contributed by atoms with E-state index < -0.39 is 9.84 Å². The molecule has 0 aliphatic carbocycles. The highest BCUT2D eigenvalue weighted by Gasteiger charge is 2.17. The summed E-state index contributed by atoms with van der Waals surface area (Å²) < 4.78 is 24.3. The van der Waals surface area contributed by atoms with Crippen molar-refractivity contribution in [2.24, 2.45) is 0 Å². The SMILES string of the molecule is Cc1ccc(S(=O)(=O)Cc2ncc(CS)s2)cc1. The highest BCUT2D eigenvalue weighted by Crippen LogP contribution is 2.21. The lowest BCUT2D eigenvalue weighted by atomic mass is 10.2. The van der Waals surface area contributed by atoms with Gasteiger partial charge in [-0.1, -0.05) is 17.7 Å². The molecule has 2 rings (SSSR count). The fourth-order valence-corrected chi connectivity index (χ4v) is 4.15. The van der Waals surface area contributed by atoms with Gasteiger partial charge in [-0.25, -0.2) is 13.4 Å². The van der Waals surface area contributed by atoms with Crippen LogP contribution in [-0.4, -0.2) is 13.4 Å². The van der Waals surface area contributed by atoms with Crippen molar-refractivity contribution in [1.29, 1.82) is 0 Å². The molecule has 3 nitrogen and oxygen atoms in total. The average Bonchev–Trinajstić information content (AvgIpc) is 2.76. The van der Waals surface area contributed by atoms with Crippen molar-refractivity contribution in [2.45, 2.75) is 23.3 Å². The van der Waals surface area contributed by atoms with Gasteiger partial charge < -0.3 is 0 Å². The first-order valence-electron chi connectivity index (χ1n) is 5.35. The Morgan fingerprint density at radius 1 is 1.28 bits per heavy atom. The minimum atomic E-state index is -3.30. The van der Waals surface area contributed by atoms with Crippen LogP contribution in [0.1, 0.15) is 15.4 Å². The Balaban J connectivity index is 2.24. The number of rotatable bonds is 4. The maximum Gasteiger partial charge on any atom is 0.184 e. The summed E-state index contributed by atoms with van der Waals surface area (Å²) in [6.07, 6.45) is 1.68. The van der Waals surface area contributed by atoms with Crippen LogP contribution in [0.3, 0.4) is 0 Å². The summed E-state index contributed by atoms with van der Waals surface area (Å²) in [4.78, 5) is 5.43. The van der Waals surface area contributed by atoms with Gasteiger partial charge in [-0.15, -0.1) is 11.3 Å². The Hall–Kier alpha value is -0.850. The van der Waals surface area contributed by atoms with Crippen LogP contribution in [0.4, 0.5) is 0 Å². The second-order valence-corrected chi connectivity index (χ2v) is 7.46. The van der Waals surface area contributed by atoms with Crippen molar-refractivity contribution in [1.82, 2.24) is 4.98 Å². The standard InChI is InChI=1S/C12H13NO2S3/c1-9-2-4-11(5-3-9)18(14,15)8-12-13-6-10(7-16)17-12/h2-6,16H,7-8H2,1H3. The zero-order valence-corrected chi connectivity index (χ0v) is 12.4. The van der Waals surface area contributed by atoms with Crippen LogP contribution in [0.15, 0.2) is 35.4 Å². The summed E-state index contributed by atoms with van der Waals surface area (Å²) in [5, 5.41) is 0.611. The van der Waals surface area contributed by atoms with Gasteiger partial charge in [0, 0.05) is 16.8 Å². The highest BCUT2D eigenvalue weighted by atomic mass is 32.2. The number of nitrogens with zero attached hydrogens (tertiary/aromatic N) is 1. The van der Waals surface area contributed by atoms with Gasteiger partial charge in [0.1, 0.15) is 10.8 Å². The van der Waals surface area contributed by atoms with Crippen LogP contribution < -0.4 is 0 Å². The zero-order chi connectivity index (χ0) is 13.2. The molecule has 0 fully saturated rings. The van der Waals surface area contributed by atoms with E-state index in [0.717, 1.165) is 10.4 Å². The molecule has 0 aliphatic heterocycles. The molecule has 0 atom stereocenters. The minimum absolute atomic E-state index is 0.0471. The molecule has 1 heterocycles. The number of aromatic nitrogens is 1. The van der Waals surface area contributed by atoms with Gasteiger partial charge in [0.25, 0.3) is 0 Å². The van der Waals surface area contributed by atoms with E-state index in [0.29, 0.717) is 15.7 Å². The summed E-state index contributed by atoms with van der Waals surface area (Å²) in [5.41, 5.74) is 1.04. The smallest absolute Gasteiger partial charge is 0.184 e. The van der Waals surface area contributed by atoms with E-state index in [2.05, 4.69) is 17.6 Å². The van der Waals surface area contributed by atoms with E-state index in [9.17, 15) is 8.42 Å². The van der Waals surface area contributed by atoms with Crippen molar-refractivity contribution in [3.8, 4) is 0 Å².